The summed E-state index contributed by atoms with van der Waals surface area (Å²) < 4.78 is 11.4. The minimum Gasteiger partial charge on any atom is -0.496 e. The Hall–Kier alpha value is -2.71. The molecule has 2 aromatic carbocycles. The van der Waals surface area contributed by atoms with E-state index in [1.807, 2.05) is 47.4 Å². The van der Waals surface area contributed by atoms with Crippen molar-refractivity contribution in [3.63, 3.8) is 0 Å². The van der Waals surface area contributed by atoms with Crippen LogP contribution in [0, 0.1) is 6.92 Å². The maximum absolute atomic E-state index is 12.8. The lowest BCUT2D eigenvalue weighted by molar-refractivity contribution is 0.0635. The number of carbonyl (C=O) groups is 1. The van der Waals surface area contributed by atoms with E-state index in [1.165, 1.54) is 5.56 Å². The molecule has 0 N–H and O–H groups in total. The predicted molar refractivity (Wildman–Crippen MR) is 126 cm³/mol. The maximum Gasteiger partial charge on any atom is 0.253 e. The average molecular weight is 499 g/mol. The van der Waals surface area contributed by atoms with Crippen LogP contribution >= 0.6 is 15.9 Å². The van der Waals surface area contributed by atoms with Gasteiger partial charge in [-0.05, 0) is 54.0 Å². The second-order valence-electron chi connectivity index (χ2n) is 7.96. The van der Waals surface area contributed by atoms with Gasteiger partial charge >= 0.3 is 0 Å². The van der Waals surface area contributed by atoms with Crippen LogP contribution in [0.4, 0.5) is 0 Å². The SMILES string of the molecule is COc1ccc(C(=O)N2CCN(CCCc3nc(-c4ccc(C)cc4)no3)CC2)cc1Br. The number of hydrogen-bond acceptors (Lipinski definition) is 6. The van der Waals surface area contributed by atoms with Gasteiger partial charge in [-0.15, -0.1) is 0 Å². The smallest absolute Gasteiger partial charge is 0.253 e. The topological polar surface area (TPSA) is 71.7 Å². The van der Waals surface area contributed by atoms with Crippen molar-refractivity contribution >= 4 is 21.8 Å². The summed E-state index contributed by atoms with van der Waals surface area (Å²) in [6.45, 7) is 6.17. The molecule has 0 bridgehead atoms. The first-order chi connectivity index (χ1) is 15.5. The van der Waals surface area contributed by atoms with E-state index in [0.717, 1.165) is 61.4 Å². The number of hydrogen-bond donors (Lipinski definition) is 0. The molecule has 7 nitrogen and oxygen atoms in total. The molecule has 0 unspecified atom stereocenters. The molecule has 0 aliphatic carbocycles. The van der Waals surface area contributed by atoms with E-state index in [2.05, 4.69) is 37.9 Å². The number of methoxy groups -OCH3 is 1. The van der Waals surface area contributed by atoms with Crippen molar-refractivity contribution in [3.8, 4) is 17.1 Å². The van der Waals surface area contributed by atoms with Crippen LogP contribution in [0.15, 0.2) is 51.5 Å². The summed E-state index contributed by atoms with van der Waals surface area (Å²) in [7, 11) is 1.61. The minimum atomic E-state index is 0.0579. The van der Waals surface area contributed by atoms with Crippen molar-refractivity contribution in [1.29, 1.82) is 0 Å². The largest absolute Gasteiger partial charge is 0.496 e. The summed E-state index contributed by atoms with van der Waals surface area (Å²) in [5.74, 6) is 2.08. The Morgan fingerprint density at radius 3 is 2.56 bits per heavy atom. The summed E-state index contributed by atoms with van der Waals surface area (Å²) in [5.41, 5.74) is 2.85. The molecule has 1 aliphatic rings. The molecule has 4 rings (SSSR count). The van der Waals surface area contributed by atoms with Crippen molar-refractivity contribution in [1.82, 2.24) is 19.9 Å². The fourth-order valence-corrected chi connectivity index (χ4v) is 4.33. The number of aromatic nitrogens is 2. The zero-order valence-corrected chi connectivity index (χ0v) is 20.0. The fourth-order valence-electron chi connectivity index (χ4n) is 3.79. The molecule has 1 fully saturated rings. The van der Waals surface area contributed by atoms with Gasteiger partial charge in [-0.1, -0.05) is 35.0 Å². The molecule has 0 saturated carbocycles. The predicted octanol–water partition coefficient (Wildman–Crippen LogP) is 4.21. The minimum absolute atomic E-state index is 0.0579. The fraction of sp³-hybridized carbons (Fsp3) is 0.375. The number of ether oxygens (including phenoxy) is 1. The molecule has 168 valence electrons. The van der Waals surface area contributed by atoms with Gasteiger partial charge in [-0.25, -0.2) is 0 Å². The van der Waals surface area contributed by atoms with Crippen LogP contribution in [-0.2, 0) is 6.42 Å². The van der Waals surface area contributed by atoms with Gasteiger partial charge in [0.25, 0.3) is 5.91 Å². The number of aryl methyl sites for hydroxylation is 2. The molecule has 32 heavy (non-hydrogen) atoms. The maximum atomic E-state index is 12.8. The van der Waals surface area contributed by atoms with E-state index in [4.69, 9.17) is 9.26 Å². The highest BCUT2D eigenvalue weighted by atomic mass is 79.9. The molecule has 8 heteroatoms. The van der Waals surface area contributed by atoms with Gasteiger partial charge in [0.2, 0.25) is 11.7 Å². The van der Waals surface area contributed by atoms with Crippen molar-refractivity contribution in [2.75, 3.05) is 39.8 Å². The summed E-state index contributed by atoms with van der Waals surface area (Å²) in [6, 6.07) is 13.6. The molecule has 2 heterocycles. The van der Waals surface area contributed by atoms with E-state index in [9.17, 15) is 4.79 Å². The Kier molecular flexibility index (Phi) is 7.22. The van der Waals surface area contributed by atoms with Crippen molar-refractivity contribution in [2.45, 2.75) is 19.8 Å². The van der Waals surface area contributed by atoms with E-state index in [1.54, 1.807) is 7.11 Å². The Morgan fingerprint density at radius 2 is 1.88 bits per heavy atom. The van der Waals surface area contributed by atoms with Crippen LogP contribution in [0.3, 0.4) is 0 Å². The number of piperazine rings is 1. The first-order valence-electron chi connectivity index (χ1n) is 10.8. The lowest BCUT2D eigenvalue weighted by Crippen LogP contribution is -2.48. The number of rotatable bonds is 7. The lowest BCUT2D eigenvalue weighted by Gasteiger charge is -2.34. The van der Waals surface area contributed by atoms with Crippen molar-refractivity contribution in [3.05, 3.63) is 64.0 Å². The van der Waals surface area contributed by atoms with Gasteiger partial charge in [0, 0.05) is 43.7 Å². The van der Waals surface area contributed by atoms with Crippen LogP contribution in [0.5, 0.6) is 5.75 Å². The molecule has 1 amide bonds. The van der Waals surface area contributed by atoms with Gasteiger partial charge in [-0.2, -0.15) is 4.98 Å². The highest BCUT2D eigenvalue weighted by molar-refractivity contribution is 9.10. The van der Waals surface area contributed by atoms with Crippen LogP contribution < -0.4 is 4.74 Å². The van der Waals surface area contributed by atoms with E-state index >= 15 is 0 Å². The standard InChI is InChI=1S/C24H27BrN4O3/c1-17-5-7-18(8-6-17)23-26-22(32-27-23)4-3-11-28-12-14-29(15-13-28)24(30)19-9-10-21(31-2)20(25)16-19/h5-10,16H,3-4,11-15H2,1-2H3. The number of amides is 1. The molecule has 1 saturated heterocycles. The van der Waals surface area contributed by atoms with Gasteiger partial charge in [0.15, 0.2) is 0 Å². The van der Waals surface area contributed by atoms with E-state index in [-0.39, 0.29) is 5.91 Å². The summed E-state index contributed by atoms with van der Waals surface area (Å²) in [4.78, 5) is 21.6. The average Bonchev–Trinajstić information content (AvgIpc) is 3.28. The number of halogens is 1. The normalized spacial score (nSPS) is 14.5. The summed E-state index contributed by atoms with van der Waals surface area (Å²) >= 11 is 3.45. The molecular formula is C24H27BrN4O3. The van der Waals surface area contributed by atoms with Crippen LogP contribution in [-0.4, -0.2) is 65.7 Å². The third-order valence-corrected chi connectivity index (χ3v) is 6.32. The second kappa shape index (κ2) is 10.3. The number of nitrogens with zero attached hydrogens (tertiary/aromatic N) is 4. The van der Waals surface area contributed by atoms with Gasteiger partial charge in [0.1, 0.15) is 5.75 Å². The lowest BCUT2D eigenvalue weighted by atomic mass is 10.1. The van der Waals surface area contributed by atoms with Gasteiger partial charge in [0.05, 0.1) is 11.6 Å². The Morgan fingerprint density at radius 1 is 1.12 bits per heavy atom. The monoisotopic (exact) mass is 498 g/mol. The first-order valence-corrected chi connectivity index (χ1v) is 11.6. The van der Waals surface area contributed by atoms with Gasteiger partial charge in [-0.3, -0.25) is 9.69 Å². The van der Waals surface area contributed by atoms with E-state index in [0.29, 0.717) is 17.3 Å². The Labute approximate surface area is 196 Å². The third kappa shape index (κ3) is 5.37. The highest BCUT2D eigenvalue weighted by Gasteiger charge is 2.22. The third-order valence-electron chi connectivity index (χ3n) is 5.70. The van der Waals surface area contributed by atoms with Gasteiger partial charge < -0.3 is 14.2 Å². The summed E-state index contributed by atoms with van der Waals surface area (Å²) in [5, 5.41) is 4.10. The number of carbonyl (C=O) groups excluding carboxylic acids is 1. The van der Waals surface area contributed by atoms with Crippen LogP contribution in [0.2, 0.25) is 0 Å². The van der Waals surface area contributed by atoms with Crippen LogP contribution in [0.1, 0.15) is 28.2 Å². The Balaban J connectivity index is 1.22. The molecule has 0 radical (unpaired) electrons. The molecule has 0 atom stereocenters. The van der Waals surface area contributed by atoms with E-state index < -0.39 is 0 Å². The second-order valence-corrected chi connectivity index (χ2v) is 8.82. The zero-order chi connectivity index (χ0) is 22.5. The molecule has 0 spiro atoms. The molecule has 1 aromatic heterocycles. The highest BCUT2D eigenvalue weighted by Crippen LogP contribution is 2.26. The van der Waals surface area contributed by atoms with Crippen molar-refractivity contribution in [2.24, 2.45) is 0 Å². The number of benzene rings is 2. The van der Waals surface area contributed by atoms with Crippen molar-refractivity contribution < 1.29 is 14.1 Å². The molecular weight excluding hydrogens is 472 g/mol. The Bertz CT molecular complexity index is 1060. The zero-order valence-electron chi connectivity index (χ0n) is 18.4. The summed E-state index contributed by atoms with van der Waals surface area (Å²) in [6.07, 6.45) is 1.69. The molecule has 1 aliphatic heterocycles. The molecule has 3 aromatic rings. The first kappa shape index (κ1) is 22.5. The van der Waals surface area contributed by atoms with Crippen LogP contribution in [0.25, 0.3) is 11.4 Å². The quantitative estimate of drug-likeness (QED) is 0.485.